The Morgan fingerprint density at radius 3 is 2.86 bits per heavy atom. The fourth-order valence-corrected chi connectivity index (χ4v) is 3.00. The van der Waals surface area contributed by atoms with Gasteiger partial charge in [0.2, 0.25) is 0 Å². The van der Waals surface area contributed by atoms with Crippen LogP contribution in [0.25, 0.3) is 0 Å². The minimum atomic E-state index is -0.808. The molecule has 0 aliphatic rings. The Morgan fingerprint density at radius 2 is 2.24 bits per heavy atom. The van der Waals surface area contributed by atoms with E-state index in [1.54, 1.807) is 11.4 Å². The number of carbonyl (C=O) groups is 1. The van der Waals surface area contributed by atoms with Gasteiger partial charge in [-0.15, -0.1) is 0 Å². The van der Waals surface area contributed by atoms with Crippen molar-refractivity contribution in [2.24, 2.45) is 0 Å². The summed E-state index contributed by atoms with van der Waals surface area (Å²) in [5.74, 6) is -0.486. The van der Waals surface area contributed by atoms with E-state index >= 15 is 0 Å². The van der Waals surface area contributed by atoms with Gasteiger partial charge in [0.05, 0.1) is 16.6 Å². The molecular weight excluding hydrogens is 360 g/mol. The van der Waals surface area contributed by atoms with Gasteiger partial charge in [-0.25, -0.2) is 0 Å². The Kier molecular flexibility index (Phi) is 5.05. The van der Waals surface area contributed by atoms with Gasteiger partial charge in [0.15, 0.2) is 0 Å². The van der Waals surface area contributed by atoms with Crippen LogP contribution in [0.15, 0.2) is 39.5 Å². The molecule has 0 spiro atoms. The maximum atomic E-state index is 12.0. The number of nitrogens with zero attached hydrogens (tertiary/aromatic N) is 1. The molecule has 2 rings (SSSR count). The smallest absolute Gasteiger partial charge is 0.284 e. The molecule has 110 valence electrons. The first-order chi connectivity index (χ1) is 10.0. The lowest BCUT2D eigenvalue weighted by atomic mass is 10.1. The average molecular weight is 371 g/mol. The highest BCUT2D eigenvalue weighted by atomic mass is 79.9. The van der Waals surface area contributed by atoms with Crippen molar-refractivity contribution in [3.05, 3.63) is 60.7 Å². The number of hydrogen-bond acceptors (Lipinski definition) is 5. The Labute approximate surface area is 132 Å². The van der Waals surface area contributed by atoms with Crippen LogP contribution in [0.2, 0.25) is 0 Å². The van der Waals surface area contributed by atoms with Gasteiger partial charge >= 0.3 is 0 Å². The summed E-state index contributed by atoms with van der Waals surface area (Å²) in [6, 6.07) is 5.99. The normalized spacial score (nSPS) is 11.9. The van der Waals surface area contributed by atoms with Gasteiger partial charge in [-0.2, -0.15) is 11.3 Å². The number of nitrogens with one attached hydrogen (secondary N) is 1. The van der Waals surface area contributed by atoms with E-state index in [1.165, 1.54) is 29.5 Å². The highest BCUT2D eigenvalue weighted by Crippen LogP contribution is 2.28. The van der Waals surface area contributed by atoms with Gasteiger partial charge in [-0.05, 0) is 44.4 Å². The summed E-state index contributed by atoms with van der Waals surface area (Å²) in [5, 5.41) is 26.9. The van der Waals surface area contributed by atoms with Gasteiger partial charge < -0.3 is 10.4 Å². The standard InChI is InChI=1S/C13H11BrN2O4S/c14-12-9(2-1-3-10(12)16(19)20)13(18)15-6-11(17)8-4-5-21-7-8/h1-5,7,11,17H,6H2,(H,15,18). The molecule has 0 radical (unpaired) electrons. The minimum Gasteiger partial charge on any atom is -0.387 e. The van der Waals surface area contributed by atoms with Crippen molar-refractivity contribution in [1.82, 2.24) is 5.32 Å². The van der Waals surface area contributed by atoms with Crippen LogP contribution in [0.4, 0.5) is 5.69 Å². The molecule has 1 aromatic carbocycles. The summed E-state index contributed by atoms with van der Waals surface area (Å²) in [5.41, 5.74) is 0.696. The molecule has 0 aliphatic heterocycles. The second-order valence-electron chi connectivity index (χ2n) is 4.18. The number of benzene rings is 1. The number of rotatable bonds is 5. The van der Waals surface area contributed by atoms with Gasteiger partial charge in [0.1, 0.15) is 4.47 Å². The number of halogens is 1. The molecule has 1 aromatic heterocycles. The van der Waals surface area contributed by atoms with Crippen LogP contribution >= 0.6 is 27.3 Å². The molecule has 2 aromatic rings. The summed E-state index contributed by atoms with van der Waals surface area (Å²) in [7, 11) is 0. The van der Waals surface area contributed by atoms with Crippen molar-refractivity contribution in [1.29, 1.82) is 0 Å². The van der Waals surface area contributed by atoms with E-state index in [1.807, 2.05) is 5.38 Å². The van der Waals surface area contributed by atoms with Gasteiger partial charge in [0, 0.05) is 12.6 Å². The first-order valence-corrected chi connectivity index (χ1v) is 7.65. The zero-order chi connectivity index (χ0) is 15.4. The second-order valence-corrected chi connectivity index (χ2v) is 5.75. The number of aliphatic hydroxyl groups excluding tert-OH is 1. The summed E-state index contributed by atoms with van der Waals surface area (Å²) >= 11 is 4.52. The predicted octanol–water partition coefficient (Wildman–Crippen LogP) is 2.88. The largest absolute Gasteiger partial charge is 0.387 e. The molecule has 1 atom stereocenters. The fourth-order valence-electron chi connectivity index (χ4n) is 1.70. The molecule has 1 amide bonds. The van der Waals surface area contributed by atoms with E-state index in [4.69, 9.17) is 0 Å². The van der Waals surface area contributed by atoms with Crippen LogP contribution in [-0.2, 0) is 0 Å². The highest BCUT2D eigenvalue weighted by molar-refractivity contribution is 9.10. The van der Waals surface area contributed by atoms with Crippen LogP contribution in [0.1, 0.15) is 22.0 Å². The van der Waals surface area contributed by atoms with Gasteiger partial charge in [0.25, 0.3) is 11.6 Å². The molecule has 6 nitrogen and oxygen atoms in total. The van der Waals surface area contributed by atoms with Crippen molar-refractivity contribution in [2.75, 3.05) is 6.54 Å². The summed E-state index contributed by atoms with van der Waals surface area (Å²) in [6.07, 6.45) is -0.808. The Balaban J connectivity index is 2.07. The molecule has 0 fully saturated rings. The highest BCUT2D eigenvalue weighted by Gasteiger charge is 2.20. The average Bonchev–Trinajstić information content (AvgIpc) is 2.98. The van der Waals surface area contributed by atoms with E-state index in [2.05, 4.69) is 21.2 Å². The SMILES string of the molecule is O=C(NCC(O)c1ccsc1)c1cccc([N+](=O)[O-])c1Br. The molecule has 1 unspecified atom stereocenters. The molecule has 8 heteroatoms. The number of carbonyl (C=O) groups excluding carboxylic acids is 1. The Bertz CT molecular complexity index is 660. The third-order valence-corrected chi connectivity index (χ3v) is 4.34. The van der Waals surface area contributed by atoms with E-state index in [9.17, 15) is 20.0 Å². The van der Waals surface area contributed by atoms with Crippen molar-refractivity contribution >= 4 is 38.9 Å². The van der Waals surface area contributed by atoms with Crippen molar-refractivity contribution in [3.63, 3.8) is 0 Å². The first-order valence-electron chi connectivity index (χ1n) is 5.92. The second kappa shape index (κ2) is 6.79. The molecule has 2 N–H and O–H groups in total. The quantitative estimate of drug-likeness (QED) is 0.625. The summed E-state index contributed by atoms with van der Waals surface area (Å²) in [6.45, 7) is 0.0324. The Morgan fingerprint density at radius 1 is 1.48 bits per heavy atom. The number of amides is 1. The molecular formula is C13H11BrN2O4S. The van der Waals surface area contributed by atoms with Crippen molar-refractivity contribution in [3.8, 4) is 0 Å². The maximum absolute atomic E-state index is 12.0. The number of nitro groups is 1. The van der Waals surface area contributed by atoms with E-state index < -0.39 is 16.9 Å². The molecule has 21 heavy (non-hydrogen) atoms. The third kappa shape index (κ3) is 3.66. The third-order valence-electron chi connectivity index (χ3n) is 2.80. The fraction of sp³-hybridized carbons (Fsp3) is 0.154. The van der Waals surface area contributed by atoms with Crippen molar-refractivity contribution < 1.29 is 14.8 Å². The molecule has 0 saturated heterocycles. The number of hydrogen-bond donors (Lipinski definition) is 2. The van der Waals surface area contributed by atoms with Crippen LogP contribution in [0.5, 0.6) is 0 Å². The lowest BCUT2D eigenvalue weighted by Gasteiger charge is -2.11. The van der Waals surface area contributed by atoms with Crippen LogP contribution in [0.3, 0.4) is 0 Å². The number of nitro benzene ring substituents is 1. The molecule has 0 bridgehead atoms. The maximum Gasteiger partial charge on any atom is 0.284 e. The first kappa shape index (κ1) is 15.6. The van der Waals surface area contributed by atoms with E-state index in [0.717, 1.165) is 5.56 Å². The van der Waals surface area contributed by atoms with Crippen LogP contribution < -0.4 is 5.32 Å². The molecule has 0 saturated carbocycles. The van der Waals surface area contributed by atoms with Gasteiger partial charge in [-0.1, -0.05) is 6.07 Å². The zero-order valence-electron chi connectivity index (χ0n) is 10.7. The predicted molar refractivity (Wildman–Crippen MR) is 82.4 cm³/mol. The summed E-state index contributed by atoms with van der Waals surface area (Å²) < 4.78 is 0.123. The topological polar surface area (TPSA) is 92.5 Å². The molecule has 1 heterocycles. The Hall–Kier alpha value is -1.77. The minimum absolute atomic E-state index is 0.0324. The number of thiophene rings is 1. The summed E-state index contributed by atoms with van der Waals surface area (Å²) in [4.78, 5) is 22.3. The van der Waals surface area contributed by atoms with Crippen molar-refractivity contribution in [2.45, 2.75) is 6.10 Å². The zero-order valence-corrected chi connectivity index (χ0v) is 13.1. The van der Waals surface area contributed by atoms with E-state index in [0.29, 0.717) is 0 Å². The molecule has 0 aliphatic carbocycles. The number of aliphatic hydroxyl groups is 1. The van der Waals surface area contributed by atoms with Crippen LogP contribution in [0, 0.1) is 10.1 Å². The van der Waals surface area contributed by atoms with Gasteiger partial charge in [-0.3, -0.25) is 14.9 Å². The lowest BCUT2D eigenvalue weighted by Crippen LogP contribution is -2.28. The van der Waals surface area contributed by atoms with Crippen LogP contribution in [-0.4, -0.2) is 22.5 Å². The van der Waals surface area contributed by atoms with E-state index in [-0.39, 0.29) is 22.3 Å². The lowest BCUT2D eigenvalue weighted by molar-refractivity contribution is -0.385. The monoisotopic (exact) mass is 370 g/mol.